The summed E-state index contributed by atoms with van der Waals surface area (Å²) in [5.74, 6) is 0.295. The van der Waals surface area contributed by atoms with Crippen molar-refractivity contribution in [3.63, 3.8) is 0 Å². The van der Waals surface area contributed by atoms with Gasteiger partial charge in [0.15, 0.2) is 0 Å². The number of unbranched alkanes of at least 4 members (excludes halogenated alkanes) is 7. The summed E-state index contributed by atoms with van der Waals surface area (Å²) in [6, 6.07) is 0. The topological polar surface area (TPSA) is 37.4 Å². The molecule has 0 heterocycles. The molecule has 0 aromatic heterocycles. The lowest BCUT2D eigenvalue weighted by atomic mass is 10.1. The molecule has 0 rings (SSSR count). The van der Waals surface area contributed by atoms with Crippen LogP contribution in [-0.2, 0) is 10.0 Å². The van der Waals surface area contributed by atoms with Gasteiger partial charge in [-0.05, 0) is 12.8 Å². The summed E-state index contributed by atoms with van der Waals surface area (Å²) in [5.41, 5.74) is 0. The van der Waals surface area contributed by atoms with E-state index in [1.165, 1.54) is 36.4 Å². The minimum absolute atomic E-state index is 0.295. The number of sulfonamides is 1. The van der Waals surface area contributed by atoms with E-state index in [0.29, 0.717) is 5.75 Å². The van der Waals surface area contributed by atoms with E-state index in [0.717, 1.165) is 24.6 Å². The molecule has 0 fully saturated rings. The molecule has 3 nitrogen and oxygen atoms in total. The Balaban J connectivity index is 3.30. The first kappa shape index (κ1) is 17.4. The molecule has 0 saturated heterocycles. The lowest BCUT2D eigenvalue weighted by molar-refractivity contribution is 0.514. The minimum Gasteiger partial charge on any atom is -0.212 e. The number of hydrogen-bond acceptors (Lipinski definition) is 2. The van der Waals surface area contributed by atoms with Crippen molar-refractivity contribution in [2.45, 2.75) is 51.4 Å². The fourth-order valence-electron chi connectivity index (χ4n) is 1.62. The van der Waals surface area contributed by atoms with E-state index in [-0.39, 0.29) is 0 Å². The third-order valence-electron chi connectivity index (χ3n) is 2.84. The molecule has 17 heavy (non-hydrogen) atoms. The molecular formula is C12H26BrNO2S. The van der Waals surface area contributed by atoms with Crippen LogP contribution in [0, 0.1) is 0 Å². The van der Waals surface area contributed by atoms with Gasteiger partial charge in [-0.2, -0.15) is 0 Å². The Labute approximate surface area is 115 Å². The predicted octanol–water partition coefficient (Wildman–Crippen LogP) is 3.39. The van der Waals surface area contributed by atoms with E-state index in [1.807, 2.05) is 0 Å². The summed E-state index contributed by atoms with van der Waals surface area (Å²) in [7, 11) is 0.218. The Kier molecular flexibility index (Phi) is 10.6. The van der Waals surface area contributed by atoms with Crippen molar-refractivity contribution in [3.8, 4) is 0 Å². The molecule has 0 aliphatic rings. The zero-order valence-corrected chi connectivity index (χ0v) is 13.5. The molecule has 0 aliphatic carbocycles. The van der Waals surface area contributed by atoms with Gasteiger partial charge in [-0.1, -0.05) is 54.5 Å². The third-order valence-corrected chi connectivity index (χ3v) is 5.32. The van der Waals surface area contributed by atoms with Crippen molar-refractivity contribution in [1.29, 1.82) is 0 Å². The second-order valence-corrected chi connectivity index (χ2v) is 7.71. The summed E-state index contributed by atoms with van der Waals surface area (Å²) >= 11 is 3.42. The molecule has 5 heteroatoms. The first-order chi connectivity index (χ1) is 8.00. The standard InChI is InChI=1S/C12H26BrNO2S/c1-14(2)17(15,16)12-10-8-6-4-3-5-7-9-11-13/h3-12H2,1-2H3. The maximum absolute atomic E-state index is 11.5. The Hall–Kier alpha value is 0.390. The van der Waals surface area contributed by atoms with Gasteiger partial charge in [0.2, 0.25) is 10.0 Å². The quantitative estimate of drug-likeness (QED) is 0.431. The molecule has 0 saturated carbocycles. The van der Waals surface area contributed by atoms with E-state index in [2.05, 4.69) is 15.9 Å². The van der Waals surface area contributed by atoms with Crippen molar-refractivity contribution >= 4 is 26.0 Å². The molecule has 0 amide bonds. The average molecular weight is 328 g/mol. The average Bonchev–Trinajstić information content (AvgIpc) is 2.26. The zero-order valence-electron chi connectivity index (χ0n) is 11.1. The molecule has 0 N–H and O–H groups in total. The van der Waals surface area contributed by atoms with Gasteiger partial charge in [-0.3, -0.25) is 0 Å². The van der Waals surface area contributed by atoms with Gasteiger partial charge < -0.3 is 0 Å². The molecule has 0 radical (unpaired) electrons. The summed E-state index contributed by atoms with van der Waals surface area (Å²) in [6.45, 7) is 0. The van der Waals surface area contributed by atoms with Gasteiger partial charge in [-0.15, -0.1) is 0 Å². The zero-order chi connectivity index (χ0) is 13.1. The number of rotatable bonds is 11. The second-order valence-electron chi connectivity index (χ2n) is 4.62. The SMILES string of the molecule is CN(C)S(=O)(=O)CCCCCCCCCCBr. The minimum atomic E-state index is -2.97. The van der Waals surface area contributed by atoms with Crippen molar-refractivity contribution in [2.75, 3.05) is 25.2 Å². The Bertz CT molecular complexity index is 266. The highest BCUT2D eigenvalue weighted by molar-refractivity contribution is 9.09. The van der Waals surface area contributed by atoms with Gasteiger partial charge in [0, 0.05) is 19.4 Å². The van der Waals surface area contributed by atoms with E-state index in [9.17, 15) is 8.42 Å². The molecule has 104 valence electrons. The van der Waals surface area contributed by atoms with Gasteiger partial charge in [0.25, 0.3) is 0 Å². The lowest BCUT2D eigenvalue weighted by Crippen LogP contribution is -2.24. The molecule has 0 aromatic rings. The largest absolute Gasteiger partial charge is 0.213 e. The van der Waals surface area contributed by atoms with Crippen LogP contribution in [0.4, 0.5) is 0 Å². The van der Waals surface area contributed by atoms with E-state index in [4.69, 9.17) is 0 Å². The van der Waals surface area contributed by atoms with E-state index in [1.54, 1.807) is 14.1 Å². The number of alkyl halides is 1. The summed E-state index contributed by atoms with van der Waals surface area (Å²) in [5, 5.41) is 1.11. The molecule has 0 bridgehead atoms. The summed E-state index contributed by atoms with van der Waals surface area (Å²) < 4.78 is 24.2. The van der Waals surface area contributed by atoms with Crippen molar-refractivity contribution in [1.82, 2.24) is 4.31 Å². The molecular weight excluding hydrogens is 302 g/mol. The number of hydrogen-bond donors (Lipinski definition) is 0. The smallest absolute Gasteiger partial charge is 0.212 e. The normalized spacial score (nSPS) is 12.2. The first-order valence-corrected chi connectivity index (χ1v) is 9.20. The molecule has 0 aliphatic heterocycles. The maximum Gasteiger partial charge on any atom is 0.213 e. The first-order valence-electron chi connectivity index (χ1n) is 6.47. The fourth-order valence-corrected chi connectivity index (χ4v) is 2.95. The second kappa shape index (κ2) is 10.3. The van der Waals surface area contributed by atoms with Crippen LogP contribution in [0.15, 0.2) is 0 Å². The highest BCUT2D eigenvalue weighted by atomic mass is 79.9. The van der Waals surface area contributed by atoms with Crippen molar-refractivity contribution in [3.05, 3.63) is 0 Å². The van der Waals surface area contributed by atoms with Crippen molar-refractivity contribution in [2.24, 2.45) is 0 Å². The van der Waals surface area contributed by atoms with Gasteiger partial charge in [0.1, 0.15) is 0 Å². The van der Waals surface area contributed by atoms with Crippen LogP contribution in [0.3, 0.4) is 0 Å². The lowest BCUT2D eigenvalue weighted by Gasteiger charge is -2.10. The van der Waals surface area contributed by atoms with E-state index < -0.39 is 10.0 Å². The Morgan fingerprint density at radius 2 is 1.24 bits per heavy atom. The van der Waals surface area contributed by atoms with Gasteiger partial charge in [-0.25, -0.2) is 12.7 Å². The highest BCUT2D eigenvalue weighted by Crippen LogP contribution is 2.10. The molecule has 0 unspecified atom stereocenters. The van der Waals surface area contributed by atoms with Crippen LogP contribution in [0.5, 0.6) is 0 Å². The van der Waals surface area contributed by atoms with Crippen LogP contribution in [0.1, 0.15) is 51.4 Å². The monoisotopic (exact) mass is 327 g/mol. The van der Waals surface area contributed by atoms with Gasteiger partial charge in [0.05, 0.1) is 5.75 Å². The summed E-state index contributed by atoms with van der Waals surface area (Å²) in [6.07, 6.45) is 9.39. The molecule has 0 spiro atoms. The molecule has 0 atom stereocenters. The number of nitrogens with zero attached hydrogens (tertiary/aromatic N) is 1. The fraction of sp³-hybridized carbons (Fsp3) is 1.00. The van der Waals surface area contributed by atoms with Gasteiger partial charge >= 0.3 is 0 Å². The van der Waals surface area contributed by atoms with Crippen LogP contribution in [0.25, 0.3) is 0 Å². The maximum atomic E-state index is 11.5. The van der Waals surface area contributed by atoms with Crippen LogP contribution < -0.4 is 0 Å². The van der Waals surface area contributed by atoms with E-state index >= 15 is 0 Å². The van der Waals surface area contributed by atoms with Crippen LogP contribution in [0.2, 0.25) is 0 Å². The van der Waals surface area contributed by atoms with Crippen LogP contribution >= 0.6 is 15.9 Å². The van der Waals surface area contributed by atoms with Crippen molar-refractivity contribution < 1.29 is 8.42 Å². The number of halogens is 1. The third kappa shape index (κ3) is 10.0. The van der Waals surface area contributed by atoms with Crippen LogP contribution in [-0.4, -0.2) is 37.9 Å². The summed E-state index contributed by atoms with van der Waals surface area (Å²) in [4.78, 5) is 0. The highest BCUT2D eigenvalue weighted by Gasteiger charge is 2.11. The Morgan fingerprint density at radius 3 is 1.65 bits per heavy atom. The Morgan fingerprint density at radius 1 is 0.824 bits per heavy atom. The predicted molar refractivity (Wildman–Crippen MR) is 78.2 cm³/mol. The molecule has 0 aromatic carbocycles.